The van der Waals surface area contributed by atoms with E-state index in [0.717, 1.165) is 0 Å². The fraction of sp³-hybridized carbons (Fsp3) is 0.333. The van der Waals surface area contributed by atoms with E-state index >= 15 is 0 Å². The van der Waals surface area contributed by atoms with Gasteiger partial charge in [-0.25, -0.2) is 0 Å². The van der Waals surface area contributed by atoms with E-state index in [1.165, 1.54) is 11.1 Å². The predicted octanol–water partition coefficient (Wildman–Crippen LogP) is -0.544. The molecule has 0 aliphatic heterocycles. The largest absolute Gasteiger partial charge is 0.395 e. The molecule has 90 valence electrons. The molecule has 0 atom stereocenters. The van der Waals surface area contributed by atoms with Gasteiger partial charge in [-0.1, -0.05) is 11.8 Å². The molecular formula is C12H15N3O2. The Labute approximate surface area is 100 Å². The van der Waals surface area contributed by atoms with Gasteiger partial charge in [-0.05, 0) is 6.07 Å². The Morgan fingerprint density at radius 3 is 3.00 bits per heavy atom. The number of nitrogens with zero attached hydrogens (tertiary/aromatic N) is 2. The molecular weight excluding hydrogens is 218 g/mol. The Bertz CT molecular complexity index is 449. The molecule has 0 radical (unpaired) electrons. The Morgan fingerprint density at radius 2 is 2.35 bits per heavy atom. The van der Waals surface area contributed by atoms with Crippen LogP contribution in [0.2, 0.25) is 0 Å². The summed E-state index contributed by atoms with van der Waals surface area (Å²) < 4.78 is 0. The van der Waals surface area contributed by atoms with Gasteiger partial charge in [0.2, 0.25) is 0 Å². The summed E-state index contributed by atoms with van der Waals surface area (Å²) in [5, 5.41) is 8.76. The van der Waals surface area contributed by atoms with Crippen molar-refractivity contribution in [3.8, 4) is 11.8 Å². The summed E-state index contributed by atoms with van der Waals surface area (Å²) >= 11 is 0. The average molecular weight is 233 g/mol. The van der Waals surface area contributed by atoms with Crippen molar-refractivity contribution in [3.63, 3.8) is 0 Å². The van der Waals surface area contributed by atoms with Gasteiger partial charge in [-0.2, -0.15) is 0 Å². The number of hydrogen-bond acceptors (Lipinski definition) is 4. The number of aliphatic hydroxyl groups excluding tert-OH is 1. The van der Waals surface area contributed by atoms with Crippen molar-refractivity contribution < 1.29 is 9.90 Å². The number of amides is 1. The topological polar surface area (TPSA) is 79.5 Å². The molecule has 3 N–H and O–H groups in total. The lowest BCUT2D eigenvalue weighted by atomic mass is 10.2. The zero-order valence-electron chi connectivity index (χ0n) is 9.68. The van der Waals surface area contributed by atoms with Crippen LogP contribution >= 0.6 is 0 Å². The van der Waals surface area contributed by atoms with Crippen LogP contribution in [0.4, 0.5) is 0 Å². The van der Waals surface area contributed by atoms with Crippen molar-refractivity contribution >= 4 is 5.91 Å². The zero-order valence-corrected chi connectivity index (χ0v) is 9.68. The second-order valence-electron chi connectivity index (χ2n) is 3.42. The average Bonchev–Trinajstić information content (AvgIpc) is 2.36. The summed E-state index contributed by atoms with van der Waals surface area (Å²) in [5.74, 6) is 5.32. The molecule has 1 amide bonds. The number of aliphatic hydroxyl groups is 1. The lowest BCUT2D eigenvalue weighted by Crippen LogP contribution is -2.29. The molecule has 5 nitrogen and oxygen atoms in total. The van der Waals surface area contributed by atoms with Crippen LogP contribution in [-0.4, -0.2) is 47.6 Å². The van der Waals surface area contributed by atoms with Gasteiger partial charge >= 0.3 is 0 Å². The maximum absolute atomic E-state index is 11.9. The molecule has 0 saturated carbocycles. The molecule has 0 saturated heterocycles. The lowest BCUT2D eigenvalue weighted by Gasteiger charge is -2.15. The first-order chi connectivity index (χ1) is 8.19. The van der Waals surface area contributed by atoms with Gasteiger partial charge in [0, 0.05) is 31.5 Å². The minimum atomic E-state index is -0.192. The van der Waals surface area contributed by atoms with Crippen LogP contribution in [0.3, 0.4) is 0 Å². The third-order valence-electron chi connectivity index (χ3n) is 2.10. The van der Waals surface area contributed by atoms with Gasteiger partial charge in [0.25, 0.3) is 5.91 Å². The third kappa shape index (κ3) is 3.87. The number of hydrogen-bond donors (Lipinski definition) is 2. The van der Waals surface area contributed by atoms with Crippen LogP contribution in [0, 0.1) is 11.8 Å². The lowest BCUT2D eigenvalue weighted by molar-refractivity contribution is 0.0766. The maximum Gasteiger partial charge on any atom is 0.255 e. The minimum absolute atomic E-state index is 0.0671. The van der Waals surface area contributed by atoms with Crippen molar-refractivity contribution in [2.75, 3.05) is 26.7 Å². The number of pyridine rings is 1. The Kier molecular flexibility index (Phi) is 5.14. The van der Waals surface area contributed by atoms with E-state index in [0.29, 0.717) is 11.1 Å². The first-order valence-electron chi connectivity index (χ1n) is 5.19. The first kappa shape index (κ1) is 13.2. The van der Waals surface area contributed by atoms with E-state index in [-0.39, 0.29) is 25.6 Å². The van der Waals surface area contributed by atoms with E-state index in [2.05, 4.69) is 16.8 Å². The highest BCUT2D eigenvalue weighted by Gasteiger charge is 2.11. The van der Waals surface area contributed by atoms with E-state index in [1.807, 2.05) is 0 Å². The molecule has 0 fully saturated rings. The summed E-state index contributed by atoms with van der Waals surface area (Å²) in [6.07, 6.45) is 3.05. The Morgan fingerprint density at radius 1 is 1.59 bits per heavy atom. The van der Waals surface area contributed by atoms with Crippen molar-refractivity contribution in [2.45, 2.75) is 0 Å². The van der Waals surface area contributed by atoms with Gasteiger partial charge in [0.15, 0.2) is 0 Å². The zero-order chi connectivity index (χ0) is 12.7. The number of aromatic nitrogens is 1. The SMILES string of the molecule is CN(CCO)C(=O)c1cncc(C#CCN)c1. The quantitative estimate of drug-likeness (QED) is 0.687. The highest BCUT2D eigenvalue weighted by atomic mass is 16.3. The van der Waals surface area contributed by atoms with Gasteiger partial charge in [0.05, 0.1) is 18.7 Å². The number of carbonyl (C=O) groups is 1. The molecule has 1 aromatic heterocycles. The standard InChI is InChI=1S/C12H15N3O2/c1-15(5-6-16)12(17)11-7-10(3-2-4-13)8-14-9-11/h7-9,16H,4-6,13H2,1H3. The second-order valence-corrected chi connectivity index (χ2v) is 3.42. The van der Waals surface area contributed by atoms with E-state index in [9.17, 15) is 4.79 Å². The highest BCUT2D eigenvalue weighted by molar-refractivity contribution is 5.94. The Balaban J connectivity index is 2.87. The molecule has 5 heteroatoms. The molecule has 1 rings (SSSR count). The smallest absolute Gasteiger partial charge is 0.255 e. The van der Waals surface area contributed by atoms with E-state index in [1.54, 1.807) is 19.3 Å². The molecule has 0 unspecified atom stereocenters. The summed E-state index contributed by atoms with van der Waals surface area (Å²) in [4.78, 5) is 17.2. The van der Waals surface area contributed by atoms with E-state index < -0.39 is 0 Å². The molecule has 1 aromatic rings. The molecule has 1 heterocycles. The summed E-state index contributed by atoms with van der Waals surface area (Å²) in [6.45, 7) is 0.489. The van der Waals surface area contributed by atoms with Crippen LogP contribution in [0.1, 0.15) is 15.9 Å². The number of carbonyl (C=O) groups excluding carboxylic acids is 1. The van der Waals surface area contributed by atoms with Crippen LogP contribution in [0.25, 0.3) is 0 Å². The monoisotopic (exact) mass is 233 g/mol. The number of nitrogens with two attached hydrogens (primary N) is 1. The van der Waals surface area contributed by atoms with Crippen LogP contribution in [0.5, 0.6) is 0 Å². The number of likely N-dealkylation sites (N-methyl/N-ethyl adjacent to an activating group) is 1. The second kappa shape index (κ2) is 6.63. The van der Waals surface area contributed by atoms with Crippen LogP contribution < -0.4 is 5.73 Å². The summed E-state index contributed by atoms with van der Waals surface area (Å²) in [5.41, 5.74) is 6.37. The molecule has 0 spiro atoms. The molecule has 0 aromatic carbocycles. The van der Waals surface area contributed by atoms with E-state index in [4.69, 9.17) is 10.8 Å². The minimum Gasteiger partial charge on any atom is -0.395 e. The van der Waals surface area contributed by atoms with Gasteiger partial charge in [-0.3, -0.25) is 9.78 Å². The molecule has 17 heavy (non-hydrogen) atoms. The fourth-order valence-corrected chi connectivity index (χ4v) is 1.25. The third-order valence-corrected chi connectivity index (χ3v) is 2.10. The first-order valence-corrected chi connectivity index (χ1v) is 5.19. The summed E-state index contributed by atoms with van der Waals surface area (Å²) in [7, 11) is 1.62. The molecule has 0 bridgehead atoms. The van der Waals surface area contributed by atoms with Gasteiger partial charge in [0.1, 0.15) is 0 Å². The molecule has 0 aliphatic carbocycles. The summed E-state index contributed by atoms with van der Waals surface area (Å²) in [6, 6.07) is 1.66. The molecule has 0 aliphatic rings. The maximum atomic E-state index is 11.9. The van der Waals surface area contributed by atoms with Crippen molar-refractivity contribution in [3.05, 3.63) is 29.6 Å². The van der Waals surface area contributed by atoms with Crippen molar-refractivity contribution in [1.82, 2.24) is 9.88 Å². The normalized spacial score (nSPS) is 9.35. The van der Waals surface area contributed by atoms with Gasteiger partial charge in [-0.15, -0.1) is 0 Å². The Hall–Kier alpha value is -1.90. The number of rotatable bonds is 3. The predicted molar refractivity (Wildman–Crippen MR) is 64.2 cm³/mol. The van der Waals surface area contributed by atoms with Gasteiger partial charge < -0.3 is 15.7 Å². The van der Waals surface area contributed by atoms with Crippen LogP contribution in [-0.2, 0) is 0 Å². The highest BCUT2D eigenvalue weighted by Crippen LogP contribution is 2.04. The van der Waals surface area contributed by atoms with Crippen LogP contribution in [0.15, 0.2) is 18.5 Å². The fourth-order valence-electron chi connectivity index (χ4n) is 1.25. The van der Waals surface area contributed by atoms with Crippen molar-refractivity contribution in [1.29, 1.82) is 0 Å². The van der Waals surface area contributed by atoms with Crippen molar-refractivity contribution in [2.24, 2.45) is 5.73 Å².